The van der Waals surface area contributed by atoms with Crippen molar-refractivity contribution in [2.45, 2.75) is 47.1 Å². The van der Waals surface area contributed by atoms with Crippen LogP contribution < -0.4 is 20.3 Å². The second-order valence-electron chi connectivity index (χ2n) is 7.19. The first-order chi connectivity index (χ1) is 13.3. The number of hydrogen-bond acceptors (Lipinski definition) is 5. The van der Waals surface area contributed by atoms with Crippen LogP contribution >= 0.6 is 0 Å². The van der Waals surface area contributed by atoms with E-state index in [1.807, 2.05) is 18.2 Å². The maximum Gasteiger partial charge on any atom is 0.254 e. The Morgan fingerprint density at radius 3 is 2.64 bits per heavy atom. The molecule has 0 spiro atoms. The number of benzene rings is 1. The van der Waals surface area contributed by atoms with Gasteiger partial charge in [0, 0.05) is 17.8 Å². The summed E-state index contributed by atoms with van der Waals surface area (Å²) in [5.41, 5.74) is 1.56. The van der Waals surface area contributed by atoms with Gasteiger partial charge in [-0.2, -0.15) is 0 Å². The Bertz CT molecular complexity index is 874. The molecular formula is C21H29N3O4. The molecule has 2 N–H and O–H groups in total. The molecule has 1 aromatic heterocycles. The second kappa shape index (κ2) is 9.92. The highest BCUT2D eigenvalue weighted by Gasteiger charge is 2.12. The molecule has 1 aromatic carbocycles. The van der Waals surface area contributed by atoms with Crippen molar-refractivity contribution >= 4 is 5.91 Å². The number of nitrogens with zero attached hydrogens (tertiary/aromatic N) is 1. The van der Waals surface area contributed by atoms with Crippen molar-refractivity contribution in [3.63, 3.8) is 0 Å². The van der Waals surface area contributed by atoms with Gasteiger partial charge in [0.1, 0.15) is 5.82 Å². The van der Waals surface area contributed by atoms with Gasteiger partial charge in [-0.1, -0.05) is 19.9 Å². The average molecular weight is 387 g/mol. The lowest BCUT2D eigenvalue weighted by Gasteiger charge is -2.13. The fourth-order valence-corrected chi connectivity index (χ4v) is 2.73. The number of amides is 1. The number of H-pyrrole nitrogens is 1. The monoisotopic (exact) mass is 387 g/mol. The topological polar surface area (TPSA) is 93.3 Å². The Hall–Kier alpha value is -2.83. The Labute approximate surface area is 165 Å². The minimum absolute atomic E-state index is 0.0119. The Kier molecular flexibility index (Phi) is 7.61. The summed E-state index contributed by atoms with van der Waals surface area (Å²) in [4.78, 5) is 31.1. The van der Waals surface area contributed by atoms with Crippen LogP contribution in [0.25, 0.3) is 0 Å². The number of aryl methyl sites for hydroxylation is 2. The zero-order chi connectivity index (χ0) is 20.7. The molecule has 7 nitrogen and oxygen atoms in total. The first-order valence-electron chi connectivity index (χ1n) is 9.43. The van der Waals surface area contributed by atoms with E-state index in [0.29, 0.717) is 47.7 Å². The Balaban J connectivity index is 1.96. The van der Waals surface area contributed by atoms with Crippen LogP contribution in [-0.4, -0.2) is 29.6 Å². The second-order valence-corrected chi connectivity index (χ2v) is 7.19. The van der Waals surface area contributed by atoms with Gasteiger partial charge in [-0.15, -0.1) is 0 Å². The quantitative estimate of drug-likeness (QED) is 0.690. The maximum absolute atomic E-state index is 12.3. The van der Waals surface area contributed by atoms with E-state index < -0.39 is 0 Å². The number of rotatable bonds is 9. The highest BCUT2D eigenvalue weighted by atomic mass is 16.5. The van der Waals surface area contributed by atoms with E-state index in [2.05, 4.69) is 29.1 Å². The van der Waals surface area contributed by atoms with E-state index in [4.69, 9.17) is 9.47 Å². The Morgan fingerprint density at radius 1 is 1.25 bits per heavy atom. The van der Waals surface area contributed by atoms with Crippen LogP contribution in [0, 0.1) is 19.8 Å². The van der Waals surface area contributed by atoms with Gasteiger partial charge in [0.25, 0.3) is 5.56 Å². The van der Waals surface area contributed by atoms with E-state index in [1.165, 1.54) is 0 Å². The third kappa shape index (κ3) is 6.11. The molecule has 1 heterocycles. The van der Waals surface area contributed by atoms with Crippen molar-refractivity contribution in [3.05, 3.63) is 51.2 Å². The van der Waals surface area contributed by atoms with Crippen LogP contribution in [0.3, 0.4) is 0 Å². The van der Waals surface area contributed by atoms with Gasteiger partial charge in [0.05, 0.1) is 20.1 Å². The fraction of sp³-hybridized carbons (Fsp3) is 0.476. The van der Waals surface area contributed by atoms with Crippen molar-refractivity contribution in [1.82, 2.24) is 15.3 Å². The zero-order valence-corrected chi connectivity index (χ0v) is 17.2. The molecule has 2 aromatic rings. The van der Waals surface area contributed by atoms with Gasteiger partial charge in [0.15, 0.2) is 11.5 Å². The van der Waals surface area contributed by atoms with E-state index >= 15 is 0 Å². The lowest BCUT2D eigenvalue weighted by molar-refractivity contribution is -0.120. The third-order valence-electron chi connectivity index (χ3n) is 4.35. The normalized spacial score (nSPS) is 10.8. The number of carbonyl (C=O) groups excluding carboxylic acids is 1. The van der Waals surface area contributed by atoms with Crippen LogP contribution in [0.4, 0.5) is 0 Å². The summed E-state index contributed by atoms with van der Waals surface area (Å²) >= 11 is 0. The van der Waals surface area contributed by atoms with Crippen molar-refractivity contribution in [2.75, 3.05) is 13.7 Å². The average Bonchev–Trinajstić information content (AvgIpc) is 2.63. The summed E-state index contributed by atoms with van der Waals surface area (Å²) in [5.74, 6) is 2.18. The first-order valence-corrected chi connectivity index (χ1v) is 9.43. The molecule has 0 saturated heterocycles. The smallest absolute Gasteiger partial charge is 0.254 e. The fourth-order valence-electron chi connectivity index (χ4n) is 2.73. The van der Waals surface area contributed by atoms with Crippen molar-refractivity contribution in [3.8, 4) is 11.5 Å². The molecule has 2 rings (SSSR count). The summed E-state index contributed by atoms with van der Waals surface area (Å²) in [6, 6.07) is 5.58. The molecule has 0 aliphatic rings. The number of nitrogens with one attached hydrogen (secondary N) is 2. The van der Waals surface area contributed by atoms with Crippen LogP contribution in [0.1, 0.15) is 42.9 Å². The molecule has 1 amide bonds. The van der Waals surface area contributed by atoms with Crippen molar-refractivity contribution in [1.29, 1.82) is 0 Å². The molecule has 0 unspecified atom stereocenters. The predicted octanol–water partition coefficient (Wildman–Crippen LogP) is 2.68. The lowest BCUT2D eigenvalue weighted by atomic mass is 10.1. The van der Waals surface area contributed by atoms with Gasteiger partial charge < -0.3 is 19.8 Å². The highest BCUT2D eigenvalue weighted by Crippen LogP contribution is 2.28. The van der Waals surface area contributed by atoms with Crippen molar-refractivity contribution < 1.29 is 14.3 Å². The molecular weight excluding hydrogens is 358 g/mol. The maximum atomic E-state index is 12.3. The minimum atomic E-state index is -0.273. The van der Waals surface area contributed by atoms with E-state index in [9.17, 15) is 9.59 Å². The third-order valence-corrected chi connectivity index (χ3v) is 4.35. The van der Waals surface area contributed by atoms with Gasteiger partial charge in [-0.25, -0.2) is 4.98 Å². The predicted molar refractivity (Wildman–Crippen MR) is 108 cm³/mol. The molecule has 7 heteroatoms. The number of methoxy groups -OCH3 is 1. The summed E-state index contributed by atoms with van der Waals surface area (Å²) in [6.07, 6.45) is 0.954. The number of carbonyl (C=O) groups is 1. The van der Waals surface area contributed by atoms with Gasteiger partial charge in [-0.3, -0.25) is 9.59 Å². The summed E-state index contributed by atoms with van der Waals surface area (Å²) < 4.78 is 11.2. The first kappa shape index (κ1) is 21.5. The standard InChI is InChI=1S/C21H29N3O4/c1-13(2)8-9-28-18-7-6-16(10-19(18)27-5)12-22-20(25)11-17-14(3)23-15(4)24-21(17)26/h6-7,10,13H,8-9,11-12H2,1-5H3,(H,22,25)(H,23,24,26). The SMILES string of the molecule is COc1cc(CNC(=O)Cc2c(C)nc(C)[nH]c2=O)ccc1OCCC(C)C. The zero-order valence-electron chi connectivity index (χ0n) is 17.2. The largest absolute Gasteiger partial charge is 0.493 e. The highest BCUT2D eigenvalue weighted by molar-refractivity contribution is 5.78. The number of hydrogen-bond donors (Lipinski definition) is 2. The number of aromatic nitrogens is 2. The molecule has 0 fully saturated rings. The van der Waals surface area contributed by atoms with E-state index in [-0.39, 0.29) is 17.9 Å². The Morgan fingerprint density at radius 2 is 2.00 bits per heavy atom. The summed E-state index contributed by atoms with van der Waals surface area (Å²) in [5, 5.41) is 2.83. The number of ether oxygens (including phenoxy) is 2. The molecule has 0 bridgehead atoms. The summed E-state index contributed by atoms with van der Waals surface area (Å²) in [6.45, 7) is 8.69. The molecule has 0 aliphatic heterocycles. The molecule has 0 radical (unpaired) electrons. The van der Waals surface area contributed by atoms with Crippen LogP contribution in [0.5, 0.6) is 11.5 Å². The van der Waals surface area contributed by atoms with E-state index in [1.54, 1.807) is 21.0 Å². The molecule has 0 atom stereocenters. The van der Waals surface area contributed by atoms with Crippen LogP contribution in [-0.2, 0) is 17.8 Å². The molecule has 0 saturated carbocycles. The van der Waals surface area contributed by atoms with Crippen molar-refractivity contribution in [2.24, 2.45) is 5.92 Å². The number of aromatic amines is 1. The molecule has 0 aliphatic carbocycles. The molecule has 152 valence electrons. The van der Waals surface area contributed by atoms with Crippen LogP contribution in [0.2, 0.25) is 0 Å². The van der Waals surface area contributed by atoms with Gasteiger partial charge in [-0.05, 0) is 43.9 Å². The van der Waals surface area contributed by atoms with E-state index in [0.717, 1.165) is 12.0 Å². The minimum Gasteiger partial charge on any atom is -0.493 e. The van der Waals surface area contributed by atoms with Crippen LogP contribution in [0.15, 0.2) is 23.0 Å². The summed E-state index contributed by atoms with van der Waals surface area (Å²) in [7, 11) is 1.59. The lowest BCUT2D eigenvalue weighted by Crippen LogP contribution is -2.29. The van der Waals surface area contributed by atoms with Gasteiger partial charge >= 0.3 is 0 Å². The van der Waals surface area contributed by atoms with Gasteiger partial charge in [0.2, 0.25) is 5.91 Å². The molecule has 28 heavy (non-hydrogen) atoms.